The Morgan fingerprint density at radius 3 is 2.45 bits per heavy atom. The van der Waals surface area contributed by atoms with Crippen LogP contribution in [0.25, 0.3) is 0 Å². The largest absolute Gasteiger partial charge is 0.487 e. The number of benzene rings is 1. The summed E-state index contributed by atoms with van der Waals surface area (Å²) in [4.78, 5) is 31.4. The van der Waals surface area contributed by atoms with Gasteiger partial charge in [-0.1, -0.05) is 31.5 Å². The summed E-state index contributed by atoms with van der Waals surface area (Å²) in [5.41, 5.74) is 5.97. The fourth-order valence-electron chi connectivity index (χ4n) is 4.48. The highest BCUT2D eigenvalue weighted by molar-refractivity contribution is 6.31. The number of rotatable bonds is 5. The van der Waals surface area contributed by atoms with E-state index in [-0.39, 0.29) is 35.7 Å². The number of fused-ring (bicyclic) bond motifs is 1. The topological polar surface area (TPSA) is 106 Å². The molecular weight excluding hydrogens is 504 g/mol. The summed E-state index contributed by atoms with van der Waals surface area (Å²) in [6.07, 6.45) is 9.68. The van der Waals surface area contributed by atoms with Gasteiger partial charge in [-0.15, -0.1) is 12.8 Å². The number of ether oxygens (including phenoxy) is 2. The first-order valence-corrected chi connectivity index (χ1v) is 13.5. The van der Waals surface area contributed by atoms with E-state index < -0.39 is 11.1 Å². The summed E-state index contributed by atoms with van der Waals surface area (Å²) in [7, 11) is 1.68. The monoisotopic (exact) mass is 548 g/mol. The van der Waals surface area contributed by atoms with Crippen LogP contribution < -0.4 is 15.8 Å². The minimum absolute atomic E-state index is 0.0196. The summed E-state index contributed by atoms with van der Waals surface area (Å²) in [5.74, 6) is 0.843. The van der Waals surface area contributed by atoms with E-state index in [9.17, 15) is 9.59 Å². The minimum Gasteiger partial charge on any atom is -0.487 e. The number of carbonyl (C=O) groups excluding carboxylic acids is 2. The molecule has 1 aliphatic carbocycles. The predicted octanol–water partition coefficient (Wildman–Crippen LogP) is 4.95. The molecule has 212 valence electrons. The first-order chi connectivity index (χ1) is 17.9. The lowest BCUT2D eigenvalue weighted by Gasteiger charge is -2.38. The van der Waals surface area contributed by atoms with Crippen LogP contribution in [0.5, 0.6) is 5.75 Å². The molecular formula is C29H45ClN4O4. The Hall–Kier alpha value is -2.76. The van der Waals surface area contributed by atoms with Crippen LogP contribution >= 0.6 is 11.6 Å². The van der Waals surface area contributed by atoms with Gasteiger partial charge >= 0.3 is 0 Å². The van der Waals surface area contributed by atoms with Crippen LogP contribution in [0, 0.1) is 24.7 Å². The van der Waals surface area contributed by atoms with E-state index in [1.54, 1.807) is 7.11 Å². The summed E-state index contributed by atoms with van der Waals surface area (Å²) >= 11 is 6.42. The van der Waals surface area contributed by atoms with Gasteiger partial charge in [0.15, 0.2) is 5.96 Å². The number of halogens is 1. The molecule has 9 heteroatoms. The van der Waals surface area contributed by atoms with Crippen molar-refractivity contribution in [3.63, 3.8) is 0 Å². The van der Waals surface area contributed by atoms with Gasteiger partial charge < -0.3 is 20.5 Å². The molecule has 2 aliphatic heterocycles. The molecule has 3 atom stereocenters. The molecule has 0 spiro atoms. The van der Waals surface area contributed by atoms with Crippen molar-refractivity contribution in [2.45, 2.75) is 84.9 Å². The van der Waals surface area contributed by atoms with Gasteiger partial charge in [0.1, 0.15) is 11.4 Å². The molecule has 2 heterocycles. The minimum atomic E-state index is -0.472. The third kappa shape index (κ3) is 8.92. The predicted molar refractivity (Wildman–Crippen MR) is 154 cm³/mol. The summed E-state index contributed by atoms with van der Waals surface area (Å²) in [6, 6.07) is 5.33. The van der Waals surface area contributed by atoms with E-state index in [2.05, 4.69) is 27.9 Å². The molecule has 4 rings (SSSR count). The van der Waals surface area contributed by atoms with E-state index in [1.165, 1.54) is 4.90 Å². The Morgan fingerprint density at radius 2 is 1.89 bits per heavy atom. The molecule has 3 N–H and O–H groups in total. The molecule has 1 aromatic carbocycles. The summed E-state index contributed by atoms with van der Waals surface area (Å²) in [5, 5.41) is 3.76. The standard InChI is InChI=1S/C22H29ClN4O3.C3H8O.C2H6.C2H2/c1-21(2)10-17(28)27(20(24)26-21)11-12-8-13(12)19(29)25-15-9-22(3,4)30-16-7-5-6-14(23)18(15)16;1-3-4-2;2*1-2/h5-7,12-13,15H,8-11H2,1-4H3,(H2,24,26)(H,25,29);3H2,1-2H3;1-2H3;1-2H/t12-,13?,15+;;;/m1.../s1. The van der Waals surface area contributed by atoms with Crippen molar-refractivity contribution >= 4 is 29.4 Å². The van der Waals surface area contributed by atoms with Crippen LogP contribution in [0.2, 0.25) is 5.02 Å². The molecule has 1 fully saturated rings. The fraction of sp³-hybridized carbons (Fsp3) is 0.621. The van der Waals surface area contributed by atoms with Gasteiger partial charge in [0.2, 0.25) is 11.8 Å². The molecule has 8 nitrogen and oxygen atoms in total. The Morgan fingerprint density at radius 1 is 1.29 bits per heavy atom. The Bertz CT molecular complexity index is 1000. The zero-order valence-electron chi connectivity index (χ0n) is 24.1. The van der Waals surface area contributed by atoms with E-state index in [0.717, 1.165) is 18.6 Å². The van der Waals surface area contributed by atoms with Gasteiger partial charge in [-0.2, -0.15) is 0 Å². The maximum atomic E-state index is 13.0. The van der Waals surface area contributed by atoms with Crippen LogP contribution in [0.15, 0.2) is 23.2 Å². The smallest absolute Gasteiger partial charge is 0.231 e. The van der Waals surface area contributed by atoms with Crippen LogP contribution in [-0.2, 0) is 14.3 Å². The first-order valence-electron chi connectivity index (χ1n) is 13.1. The normalized spacial score (nSPS) is 23.8. The second kappa shape index (κ2) is 14.4. The lowest BCUT2D eigenvalue weighted by atomic mass is 9.89. The summed E-state index contributed by atoms with van der Waals surface area (Å²) in [6.45, 7) is 15.0. The molecule has 0 aromatic heterocycles. The number of carbonyl (C=O) groups is 2. The molecule has 1 unspecified atom stereocenters. The number of hydrogen-bond acceptors (Lipinski definition) is 6. The Balaban J connectivity index is 0.000000811. The quantitative estimate of drug-likeness (QED) is 0.506. The third-order valence-electron chi connectivity index (χ3n) is 6.30. The third-order valence-corrected chi connectivity index (χ3v) is 6.63. The van der Waals surface area contributed by atoms with Crippen LogP contribution in [0.3, 0.4) is 0 Å². The van der Waals surface area contributed by atoms with Crippen molar-refractivity contribution in [3.05, 3.63) is 28.8 Å². The molecule has 1 saturated carbocycles. The second-order valence-corrected chi connectivity index (χ2v) is 10.8. The molecule has 0 saturated heterocycles. The van der Waals surface area contributed by atoms with Gasteiger partial charge in [0.05, 0.1) is 18.0 Å². The number of nitrogens with one attached hydrogen (secondary N) is 1. The van der Waals surface area contributed by atoms with Crippen LogP contribution in [0.4, 0.5) is 0 Å². The molecule has 0 bridgehead atoms. The Kier molecular flexibility index (Phi) is 12.6. The number of nitrogens with two attached hydrogens (primary N) is 1. The number of terminal acetylenes is 1. The number of methoxy groups -OCH3 is 1. The molecule has 2 amide bonds. The van der Waals surface area contributed by atoms with E-state index in [1.807, 2.05) is 66.7 Å². The maximum Gasteiger partial charge on any atom is 0.231 e. The van der Waals surface area contributed by atoms with Crippen LogP contribution in [0.1, 0.15) is 79.3 Å². The number of amides is 2. The van der Waals surface area contributed by atoms with Crippen molar-refractivity contribution in [3.8, 4) is 18.6 Å². The molecule has 0 radical (unpaired) electrons. The zero-order chi connectivity index (χ0) is 29.3. The Labute approximate surface area is 233 Å². The van der Waals surface area contributed by atoms with Crippen molar-refractivity contribution in [2.24, 2.45) is 22.6 Å². The highest BCUT2D eigenvalue weighted by Gasteiger charge is 2.47. The van der Waals surface area contributed by atoms with Gasteiger partial charge in [-0.25, -0.2) is 4.99 Å². The van der Waals surface area contributed by atoms with Crippen molar-refractivity contribution < 1.29 is 19.1 Å². The number of hydrogen-bond donors (Lipinski definition) is 2. The fourth-order valence-corrected chi connectivity index (χ4v) is 4.78. The average molecular weight is 549 g/mol. The molecule has 1 aromatic rings. The lowest BCUT2D eigenvalue weighted by Crippen LogP contribution is -2.50. The molecule has 3 aliphatic rings. The number of nitrogens with zero attached hydrogens (tertiary/aromatic N) is 2. The van der Waals surface area contributed by atoms with Crippen molar-refractivity contribution in [1.29, 1.82) is 0 Å². The second-order valence-electron chi connectivity index (χ2n) is 10.4. The average Bonchev–Trinajstić information content (AvgIpc) is 3.62. The maximum absolute atomic E-state index is 13.0. The highest BCUT2D eigenvalue weighted by Crippen LogP contribution is 2.45. The summed E-state index contributed by atoms with van der Waals surface area (Å²) < 4.78 is 10.6. The van der Waals surface area contributed by atoms with E-state index >= 15 is 0 Å². The van der Waals surface area contributed by atoms with Gasteiger partial charge in [-0.05, 0) is 59.1 Å². The highest BCUT2D eigenvalue weighted by atomic mass is 35.5. The SMILES string of the molecule is C#C.CC.CC1(C)CC(=O)N(C[C@H]2CC2C(=O)N[C@H]2CC(C)(C)Oc3cccc(Cl)c32)C(N)=N1.CCOC. The van der Waals surface area contributed by atoms with Crippen molar-refractivity contribution in [1.82, 2.24) is 10.2 Å². The number of guanidine groups is 1. The zero-order valence-corrected chi connectivity index (χ0v) is 24.9. The van der Waals surface area contributed by atoms with Crippen LogP contribution in [-0.4, -0.2) is 54.1 Å². The number of aliphatic imine (C=N–C) groups is 1. The van der Waals surface area contributed by atoms with Gasteiger partial charge in [0, 0.05) is 43.2 Å². The van der Waals surface area contributed by atoms with Crippen molar-refractivity contribution in [2.75, 3.05) is 20.3 Å². The van der Waals surface area contributed by atoms with Gasteiger partial charge in [0.25, 0.3) is 0 Å². The van der Waals surface area contributed by atoms with E-state index in [4.69, 9.17) is 22.1 Å². The first kappa shape index (κ1) is 33.3. The lowest BCUT2D eigenvalue weighted by molar-refractivity contribution is -0.130. The molecule has 38 heavy (non-hydrogen) atoms. The van der Waals surface area contributed by atoms with Gasteiger partial charge in [-0.3, -0.25) is 14.5 Å². The van der Waals surface area contributed by atoms with E-state index in [0.29, 0.717) is 30.2 Å².